The van der Waals surface area contributed by atoms with Gasteiger partial charge in [-0.15, -0.1) is 0 Å². The third-order valence-electron chi connectivity index (χ3n) is 3.15. The summed E-state index contributed by atoms with van der Waals surface area (Å²) in [5.74, 6) is 0.704. The van der Waals surface area contributed by atoms with E-state index in [1.807, 2.05) is 0 Å². The number of ether oxygens (including phenoxy) is 1. The molecule has 0 radical (unpaired) electrons. The molecule has 106 valence electrons. The molecule has 0 bridgehead atoms. The zero-order chi connectivity index (χ0) is 15.0. The molecule has 1 aromatic heterocycles. The molecule has 3 rings (SSSR count). The number of aromatic hydroxyl groups is 1. The summed E-state index contributed by atoms with van der Waals surface area (Å²) >= 11 is 5.87. The molecule has 3 aromatic rings. The van der Waals surface area contributed by atoms with Crippen molar-refractivity contribution in [3.8, 4) is 22.8 Å². The lowest BCUT2D eigenvalue weighted by atomic mass is 10.1. The van der Waals surface area contributed by atoms with E-state index >= 15 is 0 Å². The minimum absolute atomic E-state index is 0.0196. The van der Waals surface area contributed by atoms with Crippen LogP contribution < -0.4 is 10.2 Å². The molecule has 0 saturated heterocycles. The molecular formula is C16H11ClO4. The maximum atomic E-state index is 12.1. The molecule has 4 nitrogen and oxygen atoms in total. The van der Waals surface area contributed by atoms with Crippen LogP contribution in [-0.4, -0.2) is 12.2 Å². The lowest BCUT2D eigenvalue weighted by molar-refractivity contribution is 0.373. The zero-order valence-corrected chi connectivity index (χ0v) is 11.8. The van der Waals surface area contributed by atoms with Gasteiger partial charge >= 0.3 is 0 Å². The third kappa shape index (κ3) is 2.45. The zero-order valence-electron chi connectivity index (χ0n) is 11.1. The van der Waals surface area contributed by atoms with Crippen LogP contribution in [0.1, 0.15) is 0 Å². The second kappa shape index (κ2) is 5.14. The van der Waals surface area contributed by atoms with Crippen LogP contribution in [0.15, 0.2) is 51.7 Å². The number of fused-ring (bicyclic) bond motifs is 1. The van der Waals surface area contributed by atoms with Crippen LogP contribution in [0.3, 0.4) is 0 Å². The Kier molecular flexibility index (Phi) is 3.31. The second-order valence-corrected chi connectivity index (χ2v) is 4.94. The fourth-order valence-corrected chi connectivity index (χ4v) is 2.29. The van der Waals surface area contributed by atoms with Gasteiger partial charge in [-0.05, 0) is 36.4 Å². The van der Waals surface area contributed by atoms with E-state index in [1.165, 1.54) is 19.2 Å². The Morgan fingerprint density at radius 1 is 1.14 bits per heavy atom. The van der Waals surface area contributed by atoms with Crippen molar-refractivity contribution >= 4 is 22.6 Å². The molecule has 0 aliphatic carbocycles. The van der Waals surface area contributed by atoms with E-state index < -0.39 is 0 Å². The average Bonchev–Trinajstić information content (AvgIpc) is 2.47. The van der Waals surface area contributed by atoms with Gasteiger partial charge in [-0.2, -0.15) is 0 Å². The summed E-state index contributed by atoms with van der Waals surface area (Å²) < 4.78 is 10.7. The Hall–Kier alpha value is -2.46. The highest BCUT2D eigenvalue weighted by Crippen LogP contribution is 2.32. The van der Waals surface area contributed by atoms with Crippen molar-refractivity contribution in [2.24, 2.45) is 0 Å². The van der Waals surface area contributed by atoms with E-state index in [2.05, 4.69) is 0 Å². The fourth-order valence-electron chi connectivity index (χ4n) is 2.11. The van der Waals surface area contributed by atoms with Crippen LogP contribution in [-0.2, 0) is 0 Å². The molecule has 0 aliphatic rings. The molecule has 0 spiro atoms. The molecule has 21 heavy (non-hydrogen) atoms. The number of benzene rings is 2. The normalized spacial score (nSPS) is 10.8. The molecule has 0 amide bonds. The van der Waals surface area contributed by atoms with Gasteiger partial charge in [0, 0.05) is 16.7 Å². The molecule has 0 atom stereocenters. The minimum atomic E-state index is -0.191. The number of methoxy groups -OCH3 is 1. The third-order valence-corrected chi connectivity index (χ3v) is 3.39. The summed E-state index contributed by atoms with van der Waals surface area (Å²) in [5, 5.41) is 10.7. The van der Waals surface area contributed by atoms with E-state index in [0.29, 0.717) is 33.1 Å². The van der Waals surface area contributed by atoms with Crippen LogP contribution in [0.5, 0.6) is 11.5 Å². The first-order valence-corrected chi connectivity index (χ1v) is 6.57. The molecule has 1 N–H and O–H groups in total. The maximum Gasteiger partial charge on any atom is 0.193 e. The summed E-state index contributed by atoms with van der Waals surface area (Å²) in [4.78, 5) is 12.1. The van der Waals surface area contributed by atoms with Crippen LogP contribution in [0.25, 0.3) is 22.3 Å². The lowest BCUT2D eigenvalue weighted by Crippen LogP contribution is -2.00. The van der Waals surface area contributed by atoms with E-state index in [4.69, 9.17) is 20.8 Å². The van der Waals surface area contributed by atoms with E-state index in [-0.39, 0.29) is 11.2 Å². The fraction of sp³-hybridized carbons (Fsp3) is 0.0625. The van der Waals surface area contributed by atoms with Crippen LogP contribution in [0, 0.1) is 0 Å². The van der Waals surface area contributed by atoms with Gasteiger partial charge in [0.1, 0.15) is 11.3 Å². The largest absolute Gasteiger partial charge is 0.504 e. The van der Waals surface area contributed by atoms with Crippen molar-refractivity contribution in [3.63, 3.8) is 0 Å². The number of hydrogen-bond acceptors (Lipinski definition) is 4. The smallest absolute Gasteiger partial charge is 0.193 e. The Morgan fingerprint density at radius 2 is 1.95 bits per heavy atom. The molecule has 5 heteroatoms. The number of phenols is 1. The first-order chi connectivity index (χ1) is 10.1. The maximum absolute atomic E-state index is 12.1. The molecule has 0 unspecified atom stereocenters. The van der Waals surface area contributed by atoms with E-state index in [0.717, 1.165) is 0 Å². The Morgan fingerprint density at radius 3 is 2.67 bits per heavy atom. The number of phenolic OH excluding ortho intramolecular Hbond substituents is 1. The first kappa shape index (κ1) is 13.5. The molecular weight excluding hydrogens is 292 g/mol. The number of hydrogen-bond donors (Lipinski definition) is 1. The average molecular weight is 303 g/mol. The SMILES string of the molecule is COc1ccc(-c2cc(=O)c3cc(Cl)ccc3o2)cc1O. The van der Waals surface area contributed by atoms with Crippen LogP contribution >= 0.6 is 11.6 Å². The van der Waals surface area contributed by atoms with Gasteiger partial charge in [0.15, 0.2) is 16.9 Å². The van der Waals surface area contributed by atoms with Crippen molar-refractivity contribution < 1.29 is 14.3 Å². The highest BCUT2D eigenvalue weighted by Gasteiger charge is 2.10. The lowest BCUT2D eigenvalue weighted by Gasteiger charge is -2.06. The quantitative estimate of drug-likeness (QED) is 0.781. The molecule has 2 aromatic carbocycles. The topological polar surface area (TPSA) is 59.7 Å². The summed E-state index contributed by atoms with van der Waals surface area (Å²) in [6.07, 6.45) is 0. The van der Waals surface area contributed by atoms with Crippen LogP contribution in [0.4, 0.5) is 0 Å². The van der Waals surface area contributed by atoms with Gasteiger partial charge in [-0.25, -0.2) is 0 Å². The molecule has 0 saturated carbocycles. The Labute approximate surface area is 125 Å². The predicted octanol–water partition coefficient (Wildman–Crippen LogP) is 3.83. The van der Waals surface area contributed by atoms with Gasteiger partial charge in [0.2, 0.25) is 0 Å². The summed E-state index contributed by atoms with van der Waals surface area (Å²) in [6, 6.07) is 11.0. The first-order valence-electron chi connectivity index (χ1n) is 6.19. The Balaban J connectivity index is 2.19. The summed E-state index contributed by atoms with van der Waals surface area (Å²) in [5.41, 5.74) is 0.837. The van der Waals surface area contributed by atoms with Gasteiger partial charge in [-0.1, -0.05) is 11.6 Å². The van der Waals surface area contributed by atoms with E-state index in [9.17, 15) is 9.90 Å². The summed E-state index contributed by atoms with van der Waals surface area (Å²) in [7, 11) is 1.47. The van der Waals surface area contributed by atoms with Crippen molar-refractivity contribution in [2.75, 3.05) is 7.11 Å². The predicted molar refractivity (Wildman–Crippen MR) is 81.1 cm³/mol. The minimum Gasteiger partial charge on any atom is -0.504 e. The highest BCUT2D eigenvalue weighted by atomic mass is 35.5. The molecule has 0 fully saturated rings. The Bertz CT molecular complexity index is 883. The van der Waals surface area contributed by atoms with Crippen molar-refractivity contribution in [2.45, 2.75) is 0 Å². The van der Waals surface area contributed by atoms with Gasteiger partial charge in [0.25, 0.3) is 0 Å². The van der Waals surface area contributed by atoms with E-state index in [1.54, 1.807) is 30.3 Å². The van der Waals surface area contributed by atoms with Gasteiger partial charge in [-0.3, -0.25) is 4.79 Å². The monoisotopic (exact) mass is 302 g/mol. The molecule has 0 aliphatic heterocycles. The van der Waals surface area contributed by atoms with Crippen molar-refractivity contribution in [3.05, 3.63) is 57.7 Å². The number of rotatable bonds is 2. The second-order valence-electron chi connectivity index (χ2n) is 4.50. The van der Waals surface area contributed by atoms with Crippen molar-refractivity contribution in [1.82, 2.24) is 0 Å². The van der Waals surface area contributed by atoms with Gasteiger partial charge in [0.05, 0.1) is 12.5 Å². The summed E-state index contributed by atoms with van der Waals surface area (Å²) in [6.45, 7) is 0. The highest BCUT2D eigenvalue weighted by molar-refractivity contribution is 6.31. The van der Waals surface area contributed by atoms with Crippen LogP contribution in [0.2, 0.25) is 5.02 Å². The van der Waals surface area contributed by atoms with Gasteiger partial charge < -0.3 is 14.3 Å². The molecule has 1 heterocycles. The standard InChI is InChI=1S/C16H11ClO4/c1-20-15-4-2-9(6-13(15)19)16-8-12(18)11-7-10(17)3-5-14(11)21-16/h2-8,19H,1H3. The number of halogens is 1. The van der Waals surface area contributed by atoms with Crippen molar-refractivity contribution in [1.29, 1.82) is 0 Å².